The number of ether oxygens (including phenoxy) is 1. The Hall–Kier alpha value is -3.76. The van der Waals surface area contributed by atoms with Gasteiger partial charge < -0.3 is 36.8 Å². The molecule has 6 N–H and O–H groups in total. The zero-order valence-corrected chi connectivity index (χ0v) is 21.4. The minimum Gasteiger partial charge on any atom is -0.481 e. The zero-order chi connectivity index (χ0) is 26.9. The molecule has 1 atom stereocenters. The number of aromatic nitrogens is 1. The first kappa shape index (κ1) is 27.8. The van der Waals surface area contributed by atoms with E-state index < -0.39 is 23.7 Å². The Kier molecular flexibility index (Phi) is 9.76. The summed E-state index contributed by atoms with van der Waals surface area (Å²) in [5.74, 6) is -0.496. The third kappa shape index (κ3) is 7.86. The molecule has 200 valence electrons. The van der Waals surface area contributed by atoms with Gasteiger partial charge in [-0.05, 0) is 69.4 Å². The van der Waals surface area contributed by atoms with E-state index in [4.69, 9.17) is 15.6 Å². The molecule has 0 radical (unpaired) electrons. The van der Waals surface area contributed by atoms with Crippen molar-refractivity contribution in [3.8, 4) is 5.88 Å². The van der Waals surface area contributed by atoms with E-state index in [9.17, 15) is 14.0 Å². The number of nitrogens with one attached hydrogen (secondary N) is 6. The molecular formula is C26H36FN7O3. The lowest BCUT2D eigenvalue weighted by Crippen LogP contribution is -2.53. The van der Waals surface area contributed by atoms with Gasteiger partial charge in [-0.15, -0.1) is 0 Å². The highest BCUT2D eigenvalue weighted by atomic mass is 19.1. The fraction of sp³-hybridized carbons (Fsp3) is 0.500. The maximum atomic E-state index is 14.2. The number of halogens is 1. The van der Waals surface area contributed by atoms with Crippen LogP contribution < -0.4 is 26.0 Å². The molecule has 1 aromatic rings. The van der Waals surface area contributed by atoms with Crippen LogP contribution in [0.4, 0.5) is 4.39 Å². The number of carbonyl (C=O) groups excluding carboxylic acids is 2. The third-order valence-corrected chi connectivity index (χ3v) is 6.34. The molecule has 3 rings (SSSR count). The summed E-state index contributed by atoms with van der Waals surface area (Å²) >= 11 is 0. The van der Waals surface area contributed by atoms with E-state index in [1.54, 1.807) is 0 Å². The molecule has 0 aromatic carbocycles. The van der Waals surface area contributed by atoms with Gasteiger partial charge in [-0.1, -0.05) is 0 Å². The number of nitrogens with zero attached hydrogens (tertiary/aromatic N) is 1. The molecule has 10 nitrogen and oxygen atoms in total. The highest BCUT2D eigenvalue weighted by Gasteiger charge is 2.48. The molecule has 0 bridgehead atoms. The largest absolute Gasteiger partial charge is 0.481 e. The van der Waals surface area contributed by atoms with E-state index in [0.717, 1.165) is 38.1 Å². The number of carbonyl (C=O) groups is 2. The molecule has 11 heteroatoms. The third-order valence-electron chi connectivity index (χ3n) is 6.34. The van der Waals surface area contributed by atoms with Crippen LogP contribution in [0.3, 0.4) is 0 Å². The van der Waals surface area contributed by atoms with Gasteiger partial charge in [0.05, 0.1) is 18.4 Å². The summed E-state index contributed by atoms with van der Waals surface area (Å²) in [6, 6.07) is 0.393. The van der Waals surface area contributed by atoms with Crippen molar-refractivity contribution in [2.75, 3.05) is 7.11 Å². The Morgan fingerprint density at radius 3 is 2.41 bits per heavy atom. The lowest BCUT2D eigenvalue weighted by Gasteiger charge is -2.28. The smallest absolute Gasteiger partial charge is 0.268 e. The van der Waals surface area contributed by atoms with Crippen molar-refractivity contribution in [3.63, 3.8) is 0 Å². The van der Waals surface area contributed by atoms with Crippen LogP contribution in [0, 0.1) is 34.4 Å². The van der Waals surface area contributed by atoms with E-state index in [2.05, 4.69) is 26.3 Å². The number of rotatable bonds is 15. The monoisotopic (exact) mass is 513 g/mol. The van der Waals surface area contributed by atoms with Crippen molar-refractivity contribution in [2.24, 2.45) is 17.8 Å². The molecule has 0 saturated heterocycles. The topological polar surface area (TPSA) is 152 Å². The lowest BCUT2D eigenvalue weighted by atomic mass is 9.88. The Labute approximate surface area is 216 Å². The second kappa shape index (κ2) is 13.0. The average molecular weight is 514 g/mol. The van der Waals surface area contributed by atoms with Crippen LogP contribution >= 0.6 is 0 Å². The molecule has 2 aliphatic rings. The van der Waals surface area contributed by atoms with Gasteiger partial charge in [-0.25, -0.2) is 9.37 Å². The maximum Gasteiger partial charge on any atom is 0.268 e. The SMILES string of the molecule is COc1nccc(F)c1CN/C=C(\C=N)NC(=O)C(NC(=O)/C(=C/C=N)NC(C)C)C(C1CC1)C1CC1. The normalized spacial score (nSPS) is 16.7. The molecule has 37 heavy (non-hydrogen) atoms. The Bertz CT molecular complexity index is 1050. The second-order valence-corrected chi connectivity index (χ2v) is 9.64. The summed E-state index contributed by atoms with van der Waals surface area (Å²) in [6.45, 7) is 3.79. The van der Waals surface area contributed by atoms with E-state index in [-0.39, 0.29) is 41.3 Å². The quantitative estimate of drug-likeness (QED) is 0.156. The van der Waals surface area contributed by atoms with Crippen LogP contribution in [-0.4, -0.2) is 48.4 Å². The molecular weight excluding hydrogens is 477 g/mol. The first-order valence-electron chi connectivity index (χ1n) is 12.5. The van der Waals surface area contributed by atoms with E-state index in [1.165, 1.54) is 31.6 Å². The van der Waals surface area contributed by atoms with Gasteiger partial charge >= 0.3 is 0 Å². The van der Waals surface area contributed by atoms with Crippen molar-refractivity contribution in [1.82, 2.24) is 26.3 Å². The second-order valence-electron chi connectivity index (χ2n) is 9.64. The van der Waals surface area contributed by atoms with Crippen molar-refractivity contribution in [2.45, 2.75) is 58.2 Å². The van der Waals surface area contributed by atoms with Crippen molar-refractivity contribution in [3.05, 3.63) is 47.3 Å². The number of hydrogen-bond acceptors (Lipinski definition) is 8. The number of amides is 2. The fourth-order valence-corrected chi connectivity index (χ4v) is 4.41. The molecule has 2 fully saturated rings. The Morgan fingerprint density at radius 2 is 1.86 bits per heavy atom. The Morgan fingerprint density at radius 1 is 1.19 bits per heavy atom. The van der Waals surface area contributed by atoms with Crippen molar-refractivity contribution >= 4 is 24.2 Å². The minimum absolute atomic E-state index is 0.00192. The van der Waals surface area contributed by atoms with E-state index in [1.807, 2.05) is 13.8 Å². The van der Waals surface area contributed by atoms with Crippen molar-refractivity contribution in [1.29, 1.82) is 10.8 Å². The lowest BCUT2D eigenvalue weighted by molar-refractivity contribution is -0.129. The van der Waals surface area contributed by atoms with Crippen LogP contribution in [0.2, 0.25) is 0 Å². The van der Waals surface area contributed by atoms with E-state index in [0.29, 0.717) is 11.8 Å². The first-order chi connectivity index (χ1) is 17.8. The number of hydrogen-bond donors (Lipinski definition) is 6. The van der Waals surface area contributed by atoms with Gasteiger partial charge in [-0.3, -0.25) is 9.59 Å². The fourth-order valence-electron chi connectivity index (χ4n) is 4.41. The van der Waals surface area contributed by atoms with Crippen LogP contribution in [0.5, 0.6) is 5.88 Å². The molecule has 0 aliphatic heterocycles. The molecule has 1 aromatic heterocycles. The number of methoxy groups -OCH3 is 1. The summed E-state index contributed by atoms with van der Waals surface area (Å²) in [5.41, 5.74) is 0.589. The van der Waals surface area contributed by atoms with Gasteiger partial charge in [0.25, 0.3) is 5.91 Å². The Balaban J connectivity index is 1.75. The molecule has 1 unspecified atom stereocenters. The summed E-state index contributed by atoms with van der Waals surface area (Å²) in [4.78, 5) is 30.6. The predicted octanol–water partition coefficient (Wildman–Crippen LogP) is 2.38. The summed E-state index contributed by atoms with van der Waals surface area (Å²) in [5, 5.41) is 26.7. The summed E-state index contributed by atoms with van der Waals surface area (Å²) in [7, 11) is 1.40. The van der Waals surface area contributed by atoms with Crippen LogP contribution in [0.15, 0.2) is 35.9 Å². The number of pyridine rings is 1. The number of allylic oxidation sites excluding steroid dienone is 2. The van der Waals surface area contributed by atoms with Gasteiger partial charge in [0.2, 0.25) is 11.8 Å². The summed E-state index contributed by atoms with van der Waals surface area (Å²) in [6.07, 6.45) is 10.1. The average Bonchev–Trinajstić information content (AvgIpc) is 3.78. The minimum atomic E-state index is -0.796. The van der Waals surface area contributed by atoms with Gasteiger partial charge in [-0.2, -0.15) is 0 Å². The van der Waals surface area contributed by atoms with Gasteiger partial charge in [0.15, 0.2) is 0 Å². The highest BCUT2D eigenvalue weighted by molar-refractivity contribution is 6.00. The van der Waals surface area contributed by atoms with E-state index >= 15 is 0 Å². The predicted molar refractivity (Wildman–Crippen MR) is 139 cm³/mol. The van der Waals surface area contributed by atoms with Gasteiger partial charge in [0.1, 0.15) is 17.6 Å². The maximum absolute atomic E-state index is 14.2. The zero-order valence-electron chi connectivity index (χ0n) is 21.4. The molecule has 2 saturated carbocycles. The van der Waals surface area contributed by atoms with Crippen LogP contribution in [-0.2, 0) is 16.1 Å². The molecule has 2 amide bonds. The van der Waals surface area contributed by atoms with Crippen molar-refractivity contribution < 1.29 is 18.7 Å². The molecule has 2 aliphatic carbocycles. The van der Waals surface area contributed by atoms with Crippen LogP contribution in [0.1, 0.15) is 45.1 Å². The molecule has 1 heterocycles. The highest BCUT2D eigenvalue weighted by Crippen LogP contribution is 2.50. The van der Waals surface area contributed by atoms with Gasteiger partial charge in [0, 0.05) is 37.4 Å². The first-order valence-corrected chi connectivity index (χ1v) is 12.5. The van der Waals surface area contributed by atoms with Crippen LogP contribution in [0.25, 0.3) is 0 Å². The standard InChI is InChI=1S/C26H36FN7O3/c1-15(2)32-21(8-10-28)24(35)34-23(22(16-4-5-16)17-6-7-17)25(36)33-18(12-29)13-30-14-19-20(27)9-11-31-26(19)37-3/h8-13,15-17,22-23,28-30,32H,4-7,14H2,1-3H3,(H,33,36)(H,34,35)/b18-13+,21-8-,28-10?,29-12?. The summed E-state index contributed by atoms with van der Waals surface area (Å²) < 4.78 is 19.3. The molecule has 0 spiro atoms.